The second kappa shape index (κ2) is 7.05. The van der Waals surface area contributed by atoms with Crippen LogP contribution < -0.4 is 0 Å². The van der Waals surface area contributed by atoms with Gasteiger partial charge in [0.25, 0.3) is 5.69 Å². The van der Waals surface area contributed by atoms with Crippen LogP contribution in [0.3, 0.4) is 0 Å². The molecule has 0 aliphatic carbocycles. The number of hydrogen-bond acceptors (Lipinski definition) is 7. The molecule has 0 unspecified atom stereocenters. The van der Waals surface area contributed by atoms with E-state index in [0.717, 1.165) is 17.3 Å². The fraction of sp³-hybridized carbons (Fsp3) is 0.375. The van der Waals surface area contributed by atoms with Gasteiger partial charge in [0.1, 0.15) is 5.02 Å². The van der Waals surface area contributed by atoms with Gasteiger partial charge in [0.05, 0.1) is 29.3 Å². The molecule has 1 aromatic rings. The minimum Gasteiger partial charge on any atom is -0.466 e. The molecule has 0 saturated carbocycles. The summed E-state index contributed by atoms with van der Waals surface area (Å²) >= 11 is 7.55. The molecule has 0 radical (unpaired) electrons. The van der Waals surface area contributed by atoms with Crippen LogP contribution in [-0.2, 0) is 9.53 Å². The standard InChI is InChI=1S/C16H16ClN3O4S/c1-9-13(15(21)24-2)14(19-6-3-7-25-16(19)18-9)10-4-5-11(17)12(8-10)20(22)23/h4-5,8,14H,3,6-7H2,1-2H3/t14-/m1/s1. The Bertz CT molecular complexity index is 809. The molecule has 9 heteroatoms. The van der Waals surface area contributed by atoms with Crippen LogP contribution in [0.25, 0.3) is 0 Å². The number of carbonyl (C=O) groups excluding carboxylic acids is 1. The van der Waals surface area contributed by atoms with Crippen LogP contribution in [-0.4, -0.2) is 40.4 Å². The first-order valence-corrected chi connectivity index (χ1v) is 9.01. The number of allylic oxidation sites excluding steroid dienone is 1. The number of amidine groups is 1. The highest BCUT2D eigenvalue weighted by Gasteiger charge is 2.38. The highest BCUT2D eigenvalue weighted by Crippen LogP contribution is 2.41. The molecule has 0 spiro atoms. The van der Waals surface area contributed by atoms with Gasteiger partial charge in [-0.05, 0) is 25.0 Å². The molecule has 2 heterocycles. The number of halogens is 1. The largest absolute Gasteiger partial charge is 0.466 e. The fourth-order valence-corrected chi connectivity index (χ4v) is 4.23. The number of nitro benzene ring substituents is 1. The van der Waals surface area contributed by atoms with E-state index in [2.05, 4.69) is 4.99 Å². The van der Waals surface area contributed by atoms with E-state index in [1.54, 1.807) is 24.8 Å². The van der Waals surface area contributed by atoms with Crippen molar-refractivity contribution in [3.8, 4) is 0 Å². The first kappa shape index (κ1) is 17.8. The maximum absolute atomic E-state index is 12.4. The number of thioether (sulfide) groups is 1. The molecular weight excluding hydrogens is 366 g/mol. The lowest BCUT2D eigenvalue weighted by molar-refractivity contribution is -0.384. The van der Waals surface area contributed by atoms with Gasteiger partial charge in [0.2, 0.25) is 0 Å². The van der Waals surface area contributed by atoms with Crippen LogP contribution in [0, 0.1) is 10.1 Å². The monoisotopic (exact) mass is 381 g/mol. The Morgan fingerprint density at radius 3 is 2.96 bits per heavy atom. The lowest BCUT2D eigenvalue weighted by Crippen LogP contribution is -2.42. The number of nitro groups is 1. The number of ether oxygens (including phenoxy) is 1. The second-order valence-electron chi connectivity index (χ2n) is 5.65. The summed E-state index contributed by atoms with van der Waals surface area (Å²) < 4.78 is 4.93. The number of rotatable bonds is 3. The summed E-state index contributed by atoms with van der Waals surface area (Å²) in [6.45, 7) is 2.46. The Labute approximate surface area is 153 Å². The van der Waals surface area contributed by atoms with Gasteiger partial charge in [-0.1, -0.05) is 29.4 Å². The lowest BCUT2D eigenvalue weighted by atomic mass is 9.94. The van der Waals surface area contributed by atoms with Gasteiger partial charge in [-0.3, -0.25) is 10.1 Å². The zero-order valence-electron chi connectivity index (χ0n) is 13.7. The quantitative estimate of drug-likeness (QED) is 0.452. The third-order valence-electron chi connectivity index (χ3n) is 4.15. The predicted molar refractivity (Wildman–Crippen MR) is 96.8 cm³/mol. The van der Waals surface area contributed by atoms with E-state index in [9.17, 15) is 14.9 Å². The van der Waals surface area contributed by atoms with Crippen molar-refractivity contribution < 1.29 is 14.5 Å². The maximum atomic E-state index is 12.4. The Balaban J connectivity index is 2.16. The summed E-state index contributed by atoms with van der Waals surface area (Å²) in [4.78, 5) is 29.6. The molecule has 0 amide bonds. The average Bonchev–Trinajstić information content (AvgIpc) is 2.60. The van der Waals surface area contributed by atoms with Crippen LogP contribution in [0.15, 0.2) is 34.5 Å². The Hall–Kier alpha value is -2.06. The maximum Gasteiger partial charge on any atom is 0.338 e. The van der Waals surface area contributed by atoms with Crippen LogP contribution in [0.5, 0.6) is 0 Å². The van der Waals surface area contributed by atoms with Crippen molar-refractivity contribution >= 4 is 40.2 Å². The van der Waals surface area contributed by atoms with E-state index in [4.69, 9.17) is 16.3 Å². The molecule has 0 bridgehead atoms. The van der Waals surface area contributed by atoms with Gasteiger partial charge in [-0.2, -0.15) is 0 Å². The van der Waals surface area contributed by atoms with E-state index in [0.29, 0.717) is 23.4 Å². The van der Waals surface area contributed by atoms with Gasteiger partial charge >= 0.3 is 5.97 Å². The number of esters is 1. The van der Waals surface area contributed by atoms with E-state index >= 15 is 0 Å². The first-order valence-electron chi connectivity index (χ1n) is 7.65. The molecule has 1 saturated heterocycles. The minimum atomic E-state index is -0.525. The van der Waals surface area contributed by atoms with Crippen molar-refractivity contribution in [1.82, 2.24) is 4.90 Å². The number of benzene rings is 1. The van der Waals surface area contributed by atoms with Gasteiger partial charge in [0.15, 0.2) is 5.17 Å². The molecule has 1 atom stereocenters. The van der Waals surface area contributed by atoms with Gasteiger partial charge in [-0.15, -0.1) is 0 Å². The zero-order valence-corrected chi connectivity index (χ0v) is 15.3. The number of aliphatic imine (C=N–C) groups is 1. The average molecular weight is 382 g/mol. The van der Waals surface area contributed by atoms with Crippen molar-refractivity contribution in [3.63, 3.8) is 0 Å². The highest BCUT2D eigenvalue weighted by atomic mass is 35.5. The summed E-state index contributed by atoms with van der Waals surface area (Å²) in [5.41, 5.74) is 1.39. The molecule has 2 aliphatic rings. The lowest BCUT2D eigenvalue weighted by Gasteiger charge is -2.40. The number of hydrogen-bond donors (Lipinski definition) is 0. The summed E-state index contributed by atoms with van der Waals surface area (Å²) in [5.74, 6) is 0.461. The fourth-order valence-electron chi connectivity index (χ4n) is 3.03. The van der Waals surface area contributed by atoms with Crippen molar-refractivity contribution in [2.24, 2.45) is 4.99 Å². The molecule has 132 valence electrons. The van der Waals surface area contributed by atoms with Crippen molar-refractivity contribution in [1.29, 1.82) is 0 Å². The van der Waals surface area contributed by atoms with E-state index < -0.39 is 16.9 Å². The smallest absolute Gasteiger partial charge is 0.338 e. The molecule has 3 rings (SSSR count). The molecule has 25 heavy (non-hydrogen) atoms. The molecule has 1 fully saturated rings. The Morgan fingerprint density at radius 1 is 1.52 bits per heavy atom. The van der Waals surface area contributed by atoms with Crippen molar-refractivity contribution in [3.05, 3.63) is 50.2 Å². The third kappa shape index (κ3) is 3.23. The van der Waals surface area contributed by atoms with E-state index in [1.165, 1.54) is 19.2 Å². The van der Waals surface area contributed by atoms with E-state index in [-0.39, 0.29) is 10.7 Å². The Kier molecular flexibility index (Phi) is 5.01. The molecule has 7 nitrogen and oxygen atoms in total. The normalized spacial score (nSPS) is 20.0. The van der Waals surface area contributed by atoms with Gasteiger partial charge in [-0.25, -0.2) is 9.79 Å². The summed E-state index contributed by atoms with van der Waals surface area (Å²) in [6, 6.07) is 4.13. The van der Waals surface area contributed by atoms with Crippen LogP contribution in [0.2, 0.25) is 5.02 Å². The van der Waals surface area contributed by atoms with Crippen molar-refractivity contribution in [2.45, 2.75) is 19.4 Å². The zero-order chi connectivity index (χ0) is 18.1. The minimum absolute atomic E-state index is 0.0618. The summed E-state index contributed by atoms with van der Waals surface area (Å²) in [6.07, 6.45) is 0.934. The van der Waals surface area contributed by atoms with Gasteiger partial charge < -0.3 is 9.64 Å². The SMILES string of the molecule is COC(=O)C1=C(C)N=C2SCCCN2[C@@H]1c1ccc(Cl)c([N+](=O)[O-])c1. The van der Waals surface area contributed by atoms with Crippen LogP contribution in [0.1, 0.15) is 24.9 Å². The molecule has 1 aromatic carbocycles. The van der Waals surface area contributed by atoms with Crippen molar-refractivity contribution in [2.75, 3.05) is 19.4 Å². The second-order valence-corrected chi connectivity index (χ2v) is 7.12. The topological polar surface area (TPSA) is 85.0 Å². The number of methoxy groups -OCH3 is 1. The molecule has 2 aliphatic heterocycles. The first-order chi connectivity index (χ1) is 11.9. The Morgan fingerprint density at radius 2 is 2.28 bits per heavy atom. The van der Waals surface area contributed by atoms with Crippen LogP contribution in [0.4, 0.5) is 5.69 Å². The number of nitrogens with zero attached hydrogens (tertiary/aromatic N) is 3. The highest BCUT2D eigenvalue weighted by molar-refractivity contribution is 8.13. The third-order valence-corrected chi connectivity index (χ3v) is 5.54. The molecule has 0 aromatic heterocycles. The number of carbonyl (C=O) groups is 1. The molecular formula is C16H16ClN3O4S. The van der Waals surface area contributed by atoms with E-state index in [1.807, 2.05) is 4.90 Å². The van der Waals surface area contributed by atoms with Crippen LogP contribution >= 0.6 is 23.4 Å². The molecule has 0 N–H and O–H groups in total. The predicted octanol–water partition coefficient (Wildman–Crippen LogP) is 3.54. The summed E-state index contributed by atoms with van der Waals surface area (Å²) in [7, 11) is 1.31. The summed E-state index contributed by atoms with van der Waals surface area (Å²) in [5, 5.41) is 12.1. The number of fused-ring (bicyclic) bond motifs is 1. The van der Waals surface area contributed by atoms with Gasteiger partial charge in [0, 0.05) is 18.4 Å².